The number of nitrogens with one attached hydrogen (secondary N) is 1. The fourth-order valence-corrected chi connectivity index (χ4v) is 4.73. The van der Waals surface area contributed by atoms with E-state index in [0.29, 0.717) is 12.3 Å². The molecule has 0 aliphatic heterocycles. The van der Waals surface area contributed by atoms with Crippen LogP contribution in [-0.2, 0) is 11.3 Å². The van der Waals surface area contributed by atoms with Crippen LogP contribution in [0.5, 0.6) is 5.75 Å². The summed E-state index contributed by atoms with van der Waals surface area (Å²) >= 11 is 3.06. The van der Waals surface area contributed by atoms with Crippen molar-refractivity contribution >= 4 is 39.2 Å². The number of nitrogens with zero attached hydrogens (tertiary/aromatic N) is 2. The molecule has 5 nitrogen and oxygen atoms in total. The van der Waals surface area contributed by atoms with Gasteiger partial charge in [0.2, 0.25) is 5.91 Å². The van der Waals surface area contributed by atoms with Crippen molar-refractivity contribution in [2.45, 2.75) is 11.6 Å². The molecule has 0 spiro atoms. The highest BCUT2D eigenvalue weighted by Gasteiger charge is 2.12. The molecule has 0 unspecified atom stereocenters. The molecule has 0 saturated carbocycles. The lowest BCUT2D eigenvalue weighted by molar-refractivity contribution is -0.118. The molecule has 4 aromatic rings. The number of hydrogen-bond acceptors (Lipinski definition) is 6. The molecule has 2 heterocycles. The quantitative estimate of drug-likeness (QED) is 0.344. The summed E-state index contributed by atoms with van der Waals surface area (Å²) < 4.78 is 5.21. The Labute approximate surface area is 177 Å². The van der Waals surface area contributed by atoms with Crippen LogP contribution in [0.4, 0.5) is 0 Å². The van der Waals surface area contributed by atoms with Crippen molar-refractivity contribution in [3.63, 3.8) is 0 Å². The van der Waals surface area contributed by atoms with Crippen molar-refractivity contribution in [2.75, 3.05) is 12.9 Å². The standard InChI is InChI=1S/C22H19N3O2S2/c1-27-17-9-5-6-15(10-17)12-23-20(26)13-28-21-18-11-19(16-7-3-2-4-8-16)29-22(18)25-14-24-21/h2-11,14H,12-13H2,1H3,(H,23,26). The fourth-order valence-electron chi connectivity index (χ4n) is 2.86. The van der Waals surface area contributed by atoms with Gasteiger partial charge < -0.3 is 10.1 Å². The van der Waals surface area contributed by atoms with Gasteiger partial charge in [-0.15, -0.1) is 11.3 Å². The SMILES string of the molecule is COc1cccc(CNC(=O)CSc2ncnc3sc(-c4ccccc4)cc23)c1. The summed E-state index contributed by atoms with van der Waals surface area (Å²) in [5, 5.41) is 4.76. The van der Waals surface area contributed by atoms with Crippen LogP contribution in [0.25, 0.3) is 20.7 Å². The zero-order valence-electron chi connectivity index (χ0n) is 15.8. The smallest absolute Gasteiger partial charge is 0.230 e. The van der Waals surface area contributed by atoms with Gasteiger partial charge in [0.15, 0.2) is 0 Å². The van der Waals surface area contributed by atoms with Gasteiger partial charge in [0.1, 0.15) is 21.9 Å². The van der Waals surface area contributed by atoms with Crippen LogP contribution in [0, 0.1) is 0 Å². The molecule has 0 aliphatic rings. The number of hydrogen-bond donors (Lipinski definition) is 1. The lowest BCUT2D eigenvalue weighted by Crippen LogP contribution is -2.24. The van der Waals surface area contributed by atoms with E-state index in [-0.39, 0.29) is 5.91 Å². The second kappa shape index (κ2) is 9.07. The molecule has 2 aromatic carbocycles. The number of methoxy groups -OCH3 is 1. The predicted octanol–water partition coefficient (Wildman–Crippen LogP) is 4.78. The Kier molecular flexibility index (Phi) is 6.07. The lowest BCUT2D eigenvalue weighted by atomic mass is 10.2. The zero-order chi connectivity index (χ0) is 20.1. The van der Waals surface area contributed by atoms with E-state index in [2.05, 4.69) is 33.5 Å². The van der Waals surface area contributed by atoms with Crippen LogP contribution < -0.4 is 10.1 Å². The van der Waals surface area contributed by atoms with Crippen molar-refractivity contribution in [2.24, 2.45) is 0 Å². The normalized spacial score (nSPS) is 10.8. The first kappa shape index (κ1) is 19.4. The molecule has 2 aromatic heterocycles. The molecule has 1 amide bonds. The minimum absolute atomic E-state index is 0.0388. The van der Waals surface area contributed by atoms with Crippen molar-refractivity contribution in [3.05, 3.63) is 72.6 Å². The first-order chi connectivity index (χ1) is 14.2. The van der Waals surface area contributed by atoms with E-state index in [4.69, 9.17) is 4.74 Å². The number of thiophene rings is 1. The first-order valence-electron chi connectivity index (χ1n) is 9.05. The topological polar surface area (TPSA) is 64.1 Å². The summed E-state index contributed by atoms with van der Waals surface area (Å²) in [4.78, 5) is 23.2. The first-order valence-corrected chi connectivity index (χ1v) is 10.9. The van der Waals surface area contributed by atoms with Gasteiger partial charge in [-0.05, 0) is 29.3 Å². The monoisotopic (exact) mass is 421 g/mol. The van der Waals surface area contributed by atoms with Gasteiger partial charge in [-0.25, -0.2) is 9.97 Å². The van der Waals surface area contributed by atoms with Gasteiger partial charge in [0.05, 0.1) is 12.9 Å². The molecule has 0 radical (unpaired) electrons. The van der Waals surface area contributed by atoms with E-state index in [1.807, 2.05) is 42.5 Å². The number of carbonyl (C=O) groups excluding carboxylic acids is 1. The van der Waals surface area contributed by atoms with Crippen molar-refractivity contribution in [1.29, 1.82) is 0 Å². The summed E-state index contributed by atoms with van der Waals surface area (Å²) in [5.41, 5.74) is 2.15. The number of aromatic nitrogens is 2. The highest BCUT2D eigenvalue weighted by atomic mass is 32.2. The Bertz CT molecular complexity index is 1130. The number of carbonyl (C=O) groups is 1. The number of rotatable bonds is 7. The van der Waals surface area contributed by atoms with E-state index < -0.39 is 0 Å². The van der Waals surface area contributed by atoms with Crippen LogP contribution in [0.15, 0.2) is 72.0 Å². The highest BCUT2D eigenvalue weighted by Crippen LogP contribution is 2.35. The Morgan fingerprint density at radius 3 is 2.79 bits per heavy atom. The molecule has 0 aliphatic carbocycles. The molecule has 29 heavy (non-hydrogen) atoms. The lowest BCUT2D eigenvalue weighted by Gasteiger charge is -2.07. The van der Waals surface area contributed by atoms with Crippen molar-refractivity contribution in [3.8, 4) is 16.2 Å². The molecule has 7 heteroatoms. The zero-order valence-corrected chi connectivity index (χ0v) is 17.4. The third kappa shape index (κ3) is 4.75. The number of thioether (sulfide) groups is 1. The number of fused-ring (bicyclic) bond motifs is 1. The minimum atomic E-state index is -0.0388. The van der Waals surface area contributed by atoms with E-state index in [1.165, 1.54) is 11.8 Å². The second-order valence-electron chi connectivity index (χ2n) is 6.29. The Hall–Kier alpha value is -2.90. The van der Waals surface area contributed by atoms with Gasteiger partial charge in [0.25, 0.3) is 0 Å². The molecule has 1 N–H and O–H groups in total. The average Bonchev–Trinajstić information content (AvgIpc) is 3.22. The van der Waals surface area contributed by atoms with Crippen LogP contribution in [0.3, 0.4) is 0 Å². The van der Waals surface area contributed by atoms with Gasteiger partial charge in [0, 0.05) is 16.8 Å². The van der Waals surface area contributed by atoms with Crippen molar-refractivity contribution in [1.82, 2.24) is 15.3 Å². The average molecular weight is 422 g/mol. The Morgan fingerprint density at radius 2 is 1.97 bits per heavy atom. The van der Waals surface area contributed by atoms with E-state index in [1.54, 1.807) is 24.8 Å². The van der Waals surface area contributed by atoms with Crippen LogP contribution in [0.1, 0.15) is 5.56 Å². The maximum atomic E-state index is 12.3. The summed E-state index contributed by atoms with van der Waals surface area (Å²) in [6.07, 6.45) is 1.56. The number of ether oxygens (including phenoxy) is 1. The van der Waals surface area contributed by atoms with Crippen LogP contribution in [-0.4, -0.2) is 28.7 Å². The van der Waals surface area contributed by atoms with Gasteiger partial charge in [-0.2, -0.15) is 0 Å². The second-order valence-corrected chi connectivity index (χ2v) is 8.29. The van der Waals surface area contributed by atoms with Crippen LogP contribution in [0.2, 0.25) is 0 Å². The number of amides is 1. The summed E-state index contributed by atoms with van der Waals surface area (Å²) in [6.45, 7) is 0.465. The van der Waals surface area contributed by atoms with Gasteiger partial charge in [-0.1, -0.05) is 54.2 Å². The molecule has 0 saturated heterocycles. The highest BCUT2D eigenvalue weighted by molar-refractivity contribution is 8.00. The molecular formula is C22H19N3O2S2. The fraction of sp³-hybridized carbons (Fsp3) is 0.136. The predicted molar refractivity (Wildman–Crippen MR) is 118 cm³/mol. The largest absolute Gasteiger partial charge is 0.497 e. The molecule has 0 fully saturated rings. The van der Waals surface area contributed by atoms with E-state index in [9.17, 15) is 4.79 Å². The summed E-state index contributed by atoms with van der Waals surface area (Å²) in [5.74, 6) is 1.04. The van der Waals surface area contributed by atoms with E-state index in [0.717, 1.165) is 37.0 Å². The maximum Gasteiger partial charge on any atom is 0.230 e. The van der Waals surface area contributed by atoms with E-state index >= 15 is 0 Å². The van der Waals surface area contributed by atoms with Gasteiger partial charge in [-0.3, -0.25) is 4.79 Å². The molecular weight excluding hydrogens is 402 g/mol. The molecule has 0 atom stereocenters. The molecule has 0 bridgehead atoms. The number of benzene rings is 2. The summed E-state index contributed by atoms with van der Waals surface area (Å²) in [6, 6.07) is 20.0. The Morgan fingerprint density at radius 1 is 1.10 bits per heavy atom. The van der Waals surface area contributed by atoms with Gasteiger partial charge >= 0.3 is 0 Å². The summed E-state index contributed by atoms with van der Waals surface area (Å²) in [7, 11) is 1.63. The third-order valence-electron chi connectivity index (χ3n) is 4.31. The maximum absolute atomic E-state index is 12.3. The van der Waals surface area contributed by atoms with Crippen LogP contribution >= 0.6 is 23.1 Å². The minimum Gasteiger partial charge on any atom is -0.497 e. The molecule has 4 rings (SSSR count). The Balaban J connectivity index is 1.41. The molecule has 146 valence electrons. The third-order valence-corrected chi connectivity index (χ3v) is 6.41. The van der Waals surface area contributed by atoms with Crippen molar-refractivity contribution < 1.29 is 9.53 Å².